The normalized spacial score (nSPS) is 15.0. The molecule has 0 N–H and O–H groups in total. The van der Waals surface area contributed by atoms with Crippen LogP contribution in [0.2, 0.25) is 0 Å². The molecule has 1 aliphatic rings. The minimum Gasteiger partial charge on any atom is -0.466 e. The second-order valence-electron chi connectivity index (χ2n) is 4.81. The van der Waals surface area contributed by atoms with E-state index in [1.54, 1.807) is 23.8 Å². The van der Waals surface area contributed by atoms with E-state index in [1.165, 1.54) is 0 Å². The fraction of sp³-hybridized carbons (Fsp3) is 0.786. The van der Waals surface area contributed by atoms with Gasteiger partial charge in [-0.05, 0) is 6.92 Å². The average Bonchev–Trinajstić information content (AvgIpc) is 2.50. The van der Waals surface area contributed by atoms with E-state index in [0.29, 0.717) is 45.8 Å². The van der Waals surface area contributed by atoms with E-state index < -0.39 is 0 Å². The number of rotatable bonds is 7. The van der Waals surface area contributed by atoms with Crippen LogP contribution in [0.1, 0.15) is 26.2 Å². The third-order valence-electron chi connectivity index (χ3n) is 3.35. The van der Waals surface area contributed by atoms with Crippen LogP contribution in [-0.4, -0.2) is 74.1 Å². The summed E-state index contributed by atoms with van der Waals surface area (Å²) in [7, 11) is 1.56. The highest BCUT2D eigenvalue weighted by Gasteiger charge is 2.24. The number of carbonyl (C=O) groups is 3. The van der Waals surface area contributed by atoms with Crippen molar-refractivity contribution in [3.05, 3.63) is 0 Å². The summed E-state index contributed by atoms with van der Waals surface area (Å²) in [6, 6.07) is 0. The number of methoxy groups -OCH3 is 1. The van der Waals surface area contributed by atoms with Gasteiger partial charge in [0, 0.05) is 39.7 Å². The molecule has 1 fully saturated rings. The summed E-state index contributed by atoms with van der Waals surface area (Å²) in [4.78, 5) is 38.4. The molecule has 120 valence electrons. The molecule has 0 atom stereocenters. The van der Waals surface area contributed by atoms with E-state index in [-0.39, 0.29) is 30.6 Å². The van der Waals surface area contributed by atoms with E-state index in [1.807, 2.05) is 0 Å². The summed E-state index contributed by atoms with van der Waals surface area (Å²) in [5.41, 5.74) is 0. The molecule has 1 heterocycles. The lowest BCUT2D eigenvalue weighted by Gasteiger charge is -2.34. The molecular weight excluding hydrogens is 276 g/mol. The molecule has 21 heavy (non-hydrogen) atoms. The Labute approximate surface area is 125 Å². The minimum absolute atomic E-state index is 0.0514. The van der Waals surface area contributed by atoms with Crippen LogP contribution in [0.25, 0.3) is 0 Å². The fourth-order valence-electron chi connectivity index (χ4n) is 2.15. The van der Waals surface area contributed by atoms with Gasteiger partial charge in [0.05, 0.1) is 26.1 Å². The number of piperazine rings is 1. The van der Waals surface area contributed by atoms with Crippen molar-refractivity contribution in [1.82, 2.24) is 9.80 Å². The van der Waals surface area contributed by atoms with Crippen molar-refractivity contribution in [3.8, 4) is 0 Å². The smallest absolute Gasteiger partial charge is 0.306 e. The van der Waals surface area contributed by atoms with E-state index in [0.717, 1.165) is 0 Å². The number of ether oxygens (including phenoxy) is 2. The molecule has 0 bridgehead atoms. The molecule has 1 rings (SSSR count). The maximum absolute atomic E-state index is 12.0. The third-order valence-corrected chi connectivity index (χ3v) is 3.35. The van der Waals surface area contributed by atoms with Gasteiger partial charge in [-0.3, -0.25) is 14.4 Å². The van der Waals surface area contributed by atoms with Crippen LogP contribution in [0.5, 0.6) is 0 Å². The van der Waals surface area contributed by atoms with Gasteiger partial charge < -0.3 is 19.3 Å². The largest absolute Gasteiger partial charge is 0.466 e. The Hall–Kier alpha value is -1.63. The van der Waals surface area contributed by atoms with Crippen molar-refractivity contribution in [1.29, 1.82) is 0 Å². The Morgan fingerprint density at radius 3 is 1.90 bits per heavy atom. The Morgan fingerprint density at radius 2 is 1.43 bits per heavy atom. The van der Waals surface area contributed by atoms with Crippen LogP contribution < -0.4 is 0 Å². The van der Waals surface area contributed by atoms with Crippen molar-refractivity contribution in [2.45, 2.75) is 26.2 Å². The van der Waals surface area contributed by atoms with Gasteiger partial charge in [-0.2, -0.15) is 0 Å². The van der Waals surface area contributed by atoms with Crippen molar-refractivity contribution < 1.29 is 23.9 Å². The Bertz CT molecular complexity index is 364. The Balaban J connectivity index is 2.27. The van der Waals surface area contributed by atoms with Gasteiger partial charge in [-0.25, -0.2) is 0 Å². The van der Waals surface area contributed by atoms with E-state index >= 15 is 0 Å². The molecular formula is C14H24N2O5. The maximum atomic E-state index is 12.0. The summed E-state index contributed by atoms with van der Waals surface area (Å²) >= 11 is 0. The van der Waals surface area contributed by atoms with Crippen LogP contribution in [0.4, 0.5) is 0 Å². The zero-order chi connectivity index (χ0) is 15.7. The summed E-state index contributed by atoms with van der Waals surface area (Å²) in [5, 5.41) is 0. The van der Waals surface area contributed by atoms with Crippen LogP contribution >= 0.6 is 0 Å². The predicted octanol–water partition coefficient (Wildman–Crippen LogP) is 0.0370. The number of nitrogens with zero attached hydrogens (tertiary/aromatic N) is 2. The standard InChI is InChI=1S/C14H24N2O5/c1-3-21-14(19)5-4-12(17)15-7-9-16(10-8-15)13(18)6-11-20-2/h3-11H2,1-2H3. The first kappa shape index (κ1) is 17.4. The molecule has 0 aromatic rings. The van der Waals surface area contributed by atoms with Gasteiger partial charge in [-0.1, -0.05) is 0 Å². The van der Waals surface area contributed by atoms with Crippen LogP contribution in [0, 0.1) is 0 Å². The summed E-state index contributed by atoms with van der Waals surface area (Å²) in [6.07, 6.45) is 0.642. The van der Waals surface area contributed by atoms with Gasteiger partial charge in [0.15, 0.2) is 0 Å². The Morgan fingerprint density at radius 1 is 0.905 bits per heavy atom. The quantitative estimate of drug-likeness (QED) is 0.620. The molecule has 7 heteroatoms. The number of carbonyl (C=O) groups excluding carboxylic acids is 3. The minimum atomic E-state index is -0.348. The molecule has 1 aliphatic heterocycles. The second-order valence-corrected chi connectivity index (χ2v) is 4.81. The molecule has 0 aromatic carbocycles. The first-order chi connectivity index (χ1) is 10.1. The molecule has 0 unspecified atom stereocenters. The van der Waals surface area contributed by atoms with Crippen molar-refractivity contribution in [2.24, 2.45) is 0 Å². The zero-order valence-electron chi connectivity index (χ0n) is 12.8. The van der Waals surface area contributed by atoms with E-state index in [9.17, 15) is 14.4 Å². The van der Waals surface area contributed by atoms with E-state index in [2.05, 4.69) is 0 Å². The van der Waals surface area contributed by atoms with Crippen LogP contribution in [-0.2, 0) is 23.9 Å². The molecule has 7 nitrogen and oxygen atoms in total. The van der Waals surface area contributed by atoms with Crippen molar-refractivity contribution >= 4 is 17.8 Å². The SMILES string of the molecule is CCOC(=O)CCC(=O)N1CCN(C(=O)CCOC)CC1. The second kappa shape index (κ2) is 9.33. The first-order valence-electron chi connectivity index (χ1n) is 7.28. The molecule has 0 radical (unpaired) electrons. The molecule has 1 saturated heterocycles. The summed E-state index contributed by atoms with van der Waals surface area (Å²) < 4.78 is 9.67. The molecule has 0 aromatic heterocycles. The fourth-order valence-corrected chi connectivity index (χ4v) is 2.15. The number of hydrogen-bond acceptors (Lipinski definition) is 5. The number of esters is 1. The lowest BCUT2D eigenvalue weighted by atomic mass is 10.2. The number of amides is 2. The number of hydrogen-bond donors (Lipinski definition) is 0. The monoisotopic (exact) mass is 300 g/mol. The van der Waals surface area contributed by atoms with Gasteiger partial charge in [0.25, 0.3) is 0 Å². The predicted molar refractivity (Wildman–Crippen MR) is 75.5 cm³/mol. The summed E-state index contributed by atoms with van der Waals surface area (Å²) in [6.45, 7) is 4.58. The topological polar surface area (TPSA) is 76.2 Å². The van der Waals surface area contributed by atoms with Crippen molar-refractivity contribution in [2.75, 3.05) is 46.5 Å². The van der Waals surface area contributed by atoms with Gasteiger partial charge in [0.2, 0.25) is 11.8 Å². The van der Waals surface area contributed by atoms with Gasteiger partial charge in [-0.15, -0.1) is 0 Å². The summed E-state index contributed by atoms with van der Waals surface area (Å²) in [5.74, 6) is -0.359. The highest BCUT2D eigenvalue weighted by molar-refractivity contribution is 5.82. The van der Waals surface area contributed by atoms with E-state index in [4.69, 9.17) is 9.47 Å². The van der Waals surface area contributed by atoms with Crippen LogP contribution in [0.3, 0.4) is 0 Å². The van der Waals surface area contributed by atoms with Gasteiger partial charge in [0.1, 0.15) is 0 Å². The van der Waals surface area contributed by atoms with Gasteiger partial charge >= 0.3 is 5.97 Å². The molecule has 0 saturated carbocycles. The molecule has 0 spiro atoms. The lowest BCUT2D eigenvalue weighted by Crippen LogP contribution is -2.50. The lowest BCUT2D eigenvalue weighted by molar-refractivity contribution is -0.146. The third kappa shape index (κ3) is 6.12. The average molecular weight is 300 g/mol. The molecule has 0 aliphatic carbocycles. The Kier molecular flexibility index (Phi) is 7.74. The zero-order valence-corrected chi connectivity index (χ0v) is 12.8. The van der Waals surface area contributed by atoms with Crippen LogP contribution in [0.15, 0.2) is 0 Å². The molecule has 2 amide bonds. The highest BCUT2D eigenvalue weighted by atomic mass is 16.5. The highest BCUT2D eigenvalue weighted by Crippen LogP contribution is 2.07. The van der Waals surface area contributed by atoms with Crippen molar-refractivity contribution in [3.63, 3.8) is 0 Å². The first-order valence-corrected chi connectivity index (χ1v) is 7.28. The maximum Gasteiger partial charge on any atom is 0.306 e.